The third-order valence-corrected chi connectivity index (χ3v) is 8.99. The molecular weight excluding hydrogens is 528 g/mol. The Morgan fingerprint density at radius 3 is 2.03 bits per heavy atom. The van der Waals surface area contributed by atoms with Crippen LogP contribution in [0.25, 0.3) is 0 Å². The zero-order chi connectivity index (χ0) is 27.2. The number of sulfone groups is 1. The molecule has 198 valence electrons. The molecule has 3 aromatic carbocycles. The first-order valence-electron chi connectivity index (χ1n) is 12.2. The van der Waals surface area contributed by atoms with Gasteiger partial charge >= 0.3 is 0 Å². The van der Waals surface area contributed by atoms with Crippen LogP contribution in [0.3, 0.4) is 0 Å². The van der Waals surface area contributed by atoms with Crippen molar-refractivity contribution in [1.82, 2.24) is 0 Å². The molecule has 0 atom stereocenters. The van der Waals surface area contributed by atoms with Gasteiger partial charge in [-0.05, 0) is 55.3 Å². The van der Waals surface area contributed by atoms with Crippen molar-refractivity contribution in [2.75, 3.05) is 16.9 Å². The van der Waals surface area contributed by atoms with E-state index in [-0.39, 0.29) is 38.9 Å². The lowest BCUT2D eigenvalue weighted by Gasteiger charge is -2.28. The minimum absolute atomic E-state index is 0.0217. The Morgan fingerprint density at radius 2 is 1.39 bits per heavy atom. The average molecular weight is 555 g/mol. The second-order valence-electron chi connectivity index (χ2n) is 9.62. The molecule has 0 amide bonds. The average Bonchev–Trinajstić information content (AvgIpc) is 2.87. The number of fused-ring (bicyclic) bond motifs is 2. The summed E-state index contributed by atoms with van der Waals surface area (Å²) in [5, 5.41) is 6.49. The van der Waals surface area contributed by atoms with E-state index in [9.17, 15) is 31.0 Å². The highest BCUT2D eigenvalue weighted by Crippen LogP contribution is 2.40. The molecule has 0 aliphatic heterocycles. The number of nitrogens with one attached hydrogen (secondary N) is 2. The van der Waals surface area contributed by atoms with Gasteiger partial charge in [0, 0.05) is 29.2 Å². The van der Waals surface area contributed by atoms with E-state index in [1.165, 1.54) is 36.4 Å². The van der Waals surface area contributed by atoms with Crippen molar-refractivity contribution in [2.24, 2.45) is 0 Å². The predicted molar refractivity (Wildman–Crippen MR) is 143 cm³/mol. The number of carbonyl (C=O) groups excluding carboxylic acids is 2. The summed E-state index contributed by atoms with van der Waals surface area (Å²) in [5.74, 6) is -1.25. The Bertz CT molecular complexity index is 1670. The second-order valence-corrected chi connectivity index (χ2v) is 13.0. The van der Waals surface area contributed by atoms with Crippen molar-refractivity contribution in [3.63, 3.8) is 0 Å². The third-order valence-electron chi connectivity index (χ3n) is 6.96. The van der Waals surface area contributed by atoms with Gasteiger partial charge < -0.3 is 10.6 Å². The van der Waals surface area contributed by atoms with Crippen LogP contribution in [-0.2, 0) is 20.0 Å². The zero-order valence-corrected chi connectivity index (χ0v) is 22.2. The molecule has 2 aliphatic rings. The first-order chi connectivity index (χ1) is 17.9. The van der Waals surface area contributed by atoms with Gasteiger partial charge in [0.15, 0.2) is 21.4 Å². The number of hydrogen-bond donors (Lipinski definition) is 3. The second kappa shape index (κ2) is 9.64. The minimum atomic E-state index is -4.79. The first-order valence-corrected chi connectivity index (χ1v) is 15.5. The smallest absolute Gasteiger partial charge is 0.295 e. The Balaban J connectivity index is 1.66. The van der Waals surface area contributed by atoms with Gasteiger partial charge in [-0.25, -0.2) is 8.42 Å². The number of hydrogen-bond acceptors (Lipinski definition) is 8. The molecule has 1 fully saturated rings. The molecule has 0 saturated heterocycles. The van der Waals surface area contributed by atoms with E-state index in [4.69, 9.17) is 0 Å². The fourth-order valence-electron chi connectivity index (χ4n) is 5.14. The maximum atomic E-state index is 13.9. The normalized spacial score (nSPS) is 16.1. The summed E-state index contributed by atoms with van der Waals surface area (Å²) in [4.78, 5) is 27.2. The highest BCUT2D eigenvalue weighted by Gasteiger charge is 2.38. The molecule has 9 nitrogen and oxygen atoms in total. The van der Waals surface area contributed by atoms with Gasteiger partial charge in [0.2, 0.25) is 0 Å². The number of anilines is 3. The molecule has 0 heterocycles. The highest BCUT2D eigenvalue weighted by atomic mass is 32.2. The van der Waals surface area contributed by atoms with Gasteiger partial charge in [0.05, 0.1) is 27.3 Å². The highest BCUT2D eigenvalue weighted by molar-refractivity contribution is 7.90. The summed E-state index contributed by atoms with van der Waals surface area (Å²) in [7, 11) is -8.20. The standard InChI is InChI=1S/C27H26N2O7S2/c1-37(32,33)18-12-10-17(11-13-18)29-21-15-14-20(28-16-6-3-2-4-7-16)24-25(21)27(31)23-19(26(24)30)8-5-9-22(23)38(34,35)36/h5,8-16,28-29H,2-4,6-7H2,1H3,(H,34,35,36). The van der Waals surface area contributed by atoms with Gasteiger partial charge in [0.1, 0.15) is 4.90 Å². The van der Waals surface area contributed by atoms with Crippen molar-refractivity contribution in [3.8, 4) is 0 Å². The first kappa shape index (κ1) is 26.1. The zero-order valence-electron chi connectivity index (χ0n) is 20.5. The molecule has 0 bridgehead atoms. The SMILES string of the molecule is CS(=O)(=O)c1ccc(Nc2ccc(NC3CCCCC3)c3c2C(=O)c2c(cccc2S(=O)(=O)O)C3=O)cc1. The van der Waals surface area contributed by atoms with Crippen molar-refractivity contribution >= 4 is 48.6 Å². The summed E-state index contributed by atoms with van der Waals surface area (Å²) < 4.78 is 57.7. The van der Waals surface area contributed by atoms with Crippen molar-refractivity contribution in [3.05, 3.63) is 76.9 Å². The number of benzene rings is 3. The lowest BCUT2D eigenvalue weighted by molar-refractivity contribution is 0.0977. The van der Waals surface area contributed by atoms with Crippen LogP contribution in [0.5, 0.6) is 0 Å². The van der Waals surface area contributed by atoms with Crippen molar-refractivity contribution in [1.29, 1.82) is 0 Å². The van der Waals surface area contributed by atoms with E-state index in [0.717, 1.165) is 44.4 Å². The van der Waals surface area contributed by atoms with E-state index in [1.54, 1.807) is 12.1 Å². The molecule has 0 spiro atoms. The quantitative estimate of drug-likeness (QED) is 0.291. The molecule has 5 rings (SSSR count). The molecule has 3 aromatic rings. The lowest BCUT2D eigenvalue weighted by atomic mass is 9.81. The van der Waals surface area contributed by atoms with Gasteiger partial charge in [0.25, 0.3) is 10.1 Å². The largest absolute Gasteiger partial charge is 0.382 e. The molecule has 0 unspecified atom stereocenters. The van der Waals surface area contributed by atoms with Crippen LogP contribution < -0.4 is 10.6 Å². The maximum absolute atomic E-state index is 13.9. The fraction of sp³-hybridized carbons (Fsp3) is 0.259. The van der Waals surface area contributed by atoms with E-state index in [1.807, 2.05) is 0 Å². The van der Waals surface area contributed by atoms with Crippen molar-refractivity contribution in [2.45, 2.75) is 47.9 Å². The van der Waals surface area contributed by atoms with Crippen molar-refractivity contribution < 1.29 is 31.0 Å². The van der Waals surface area contributed by atoms with Crippen LogP contribution in [0, 0.1) is 0 Å². The van der Waals surface area contributed by atoms with Crippen LogP contribution >= 0.6 is 0 Å². The molecule has 0 aromatic heterocycles. The summed E-state index contributed by atoms with van der Waals surface area (Å²) in [6.07, 6.45) is 6.19. The number of rotatable bonds is 6. The Morgan fingerprint density at radius 1 is 0.763 bits per heavy atom. The molecular formula is C27H26N2O7S2. The van der Waals surface area contributed by atoms with Crippen LogP contribution in [0.1, 0.15) is 63.9 Å². The summed E-state index contributed by atoms with van der Waals surface area (Å²) in [6, 6.07) is 13.1. The van der Waals surface area contributed by atoms with E-state index < -0.39 is 36.4 Å². The summed E-state index contributed by atoms with van der Waals surface area (Å²) in [6.45, 7) is 0. The van der Waals surface area contributed by atoms with E-state index >= 15 is 0 Å². The van der Waals surface area contributed by atoms with Crippen LogP contribution in [0.15, 0.2) is 64.4 Å². The Hall–Kier alpha value is -3.54. The van der Waals surface area contributed by atoms with Gasteiger partial charge in [-0.3, -0.25) is 14.1 Å². The molecule has 11 heteroatoms. The van der Waals surface area contributed by atoms with Gasteiger partial charge in [-0.2, -0.15) is 8.42 Å². The predicted octanol–water partition coefficient (Wildman–Crippen LogP) is 4.60. The molecule has 38 heavy (non-hydrogen) atoms. The fourth-order valence-corrected chi connectivity index (χ4v) is 6.48. The molecule has 3 N–H and O–H groups in total. The monoisotopic (exact) mass is 554 g/mol. The Labute approximate surface area is 220 Å². The summed E-state index contributed by atoms with van der Waals surface area (Å²) in [5.41, 5.74) is 0.810. The summed E-state index contributed by atoms with van der Waals surface area (Å²) >= 11 is 0. The lowest BCUT2D eigenvalue weighted by Crippen LogP contribution is -2.28. The third kappa shape index (κ3) is 4.84. The number of carbonyl (C=O) groups is 2. The molecule has 1 saturated carbocycles. The minimum Gasteiger partial charge on any atom is -0.382 e. The van der Waals surface area contributed by atoms with Crippen LogP contribution in [0.2, 0.25) is 0 Å². The van der Waals surface area contributed by atoms with Gasteiger partial charge in [-0.15, -0.1) is 0 Å². The van der Waals surface area contributed by atoms with E-state index in [2.05, 4.69) is 10.6 Å². The molecule has 0 radical (unpaired) electrons. The van der Waals surface area contributed by atoms with Crippen LogP contribution in [-0.4, -0.2) is 45.3 Å². The molecule has 2 aliphatic carbocycles. The van der Waals surface area contributed by atoms with Gasteiger partial charge in [-0.1, -0.05) is 31.4 Å². The maximum Gasteiger partial charge on any atom is 0.295 e. The van der Waals surface area contributed by atoms with Crippen LogP contribution in [0.4, 0.5) is 17.1 Å². The topological polar surface area (TPSA) is 147 Å². The van der Waals surface area contributed by atoms with E-state index in [0.29, 0.717) is 11.4 Å². The number of ketones is 2. The Kier molecular flexibility index (Phi) is 6.62.